The lowest BCUT2D eigenvalue weighted by Gasteiger charge is -2.07. The summed E-state index contributed by atoms with van der Waals surface area (Å²) in [5.41, 5.74) is 1.39. The minimum atomic E-state index is -0.148. The average molecular weight is 396 g/mol. The number of aromatic nitrogens is 3. The van der Waals surface area contributed by atoms with Crippen LogP contribution in [0.15, 0.2) is 46.1 Å². The van der Waals surface area contributed by atoms with Gasteiger partial charge in [-0.1, -0.05) is 16.9 Å². The van der Waals surface area contributed by atoms with Crippen molar-refractivity contribution in [3.8, 4) is 23.0 Å². The molecule has 1 N–H and O–H groups in total. The molecular formula is C19H16N4O4S. The van der Waals surface area contributed by atoms with E-state index in [2.05, 4.69) is 20.4 Å². The number of hydrogen-bond acceptors (Lipinski definition) is 8. The molecule has 9 heteroatoms. The second-order valence-corrected chi connectivity index (χ2v) is 7.46. The van der Waals surface area contributed by atoms with Gasteiger partial charge in [-0.3, -0.25) is 4.79 Å². The number of carbonyl (C=O) groups is 1. The second-order valence-electron chi connectivity index (χ2n) is 6.49. The van der Waals surface area contributed by atoms with Crippen molar-refractivity contribution in [2.45, 2.75) is 23.8 Å². The van der Waals surface area contributed by atoms with Crippen LogP contribution < -0.4 is 14.8 Å². The Balaban J connectivity index is 1.25. The van der Waals surface area contributed by atoms with Gasteiger partial charge in [-0.25, -0.2) is 4.98 Å². The third-order valence-electron chi connectivity index (χ3n) is 4.38. The van der Waals surface area contributed by atoms with E-state index in [0.717, 1.165) is 24.2 Å². The zero-order valence-electron chi connectivity index (χ0n) is 14.8. The summed E-state index contributed by atoms with van der Waals surface area (Å²) >= 11 is 1.32. The van der Waals surface area contributed by atoms with Gasteiger partial charge in [-0.15, -0.1) is 0 Å². The summed E-state index contributed by atoms with van der Waals surface area (Å²) in [7, 11) is 0. The molecule has 0 atom stereocenters. The largest absolute Gasteiger partial charge is 0.454 e. The zero-order chi connectivity index (χ0) is 18.9. The molecule has 8 nitrogen and oxygen atoms in total. The molecule has 3 heterocycles. The second kappa shape index (κ2) is 7.16. The molecule has 1 aromatic carbocycles. The monoisotopic (exact) mass is 396 g/mol. The number of carbonyl (C=O) groups excluding carboxylic acids is 1. The van der Waals surface area contributed by atoms with Crippen LogP contribution in [0.2, 0.25) is 0 Å². The van der Waals surface area contributed by atoms with Crippen molar-refractivity contribution in [1.29, 1.82) is 0 Å². The van der Waals surface area contributed by atoms with E-state index in [1.807, 2.05) is 12.1 Å². The highest BCUT2D eigenvalue weighted by Crippen LogP contribution is 2.39. The molecule has 142 valence electrons. The Morgan fingerprint density at radius 3 is 3.00 bits per heavy atom. The van der Waals surface area contributed by atoms with Crippen LogP contribution >= 0.6 is 11.8 Å². The number of nitrogens with zero attached hydrogens (tertiary/aromatic N) is 3. The van der Waals surface area contributed by atoms with E-state index in [1.54, 1.807) is 24.4 Å². The average Bonchev–Trinajstić information content (AvgIpc) is 3.26. The number of fused-ring (bicyclic) bond motifs is 1. The minimum absolute atomic E-state index is 0.148. The van der Waals surface area contributed by atoms with Gasteiger partial charge in [0.15, 0.2) is 17.3 Å². The molecule has 2 aliphatic rings. The Labute approximate surface area is 164 Å². The molecule has 2 aromatic heterocycles. The van der Waals surface area contributed by atoms with Crippen molar-refractivity contribution in [1.82, 2.24) is 15.1 Å². The third-order valence-corrected chi connectivity index (χ3v) is 5.39. The molecule has 0 spiro atoms. The number of thioether (sulfide) groups is 1. The number of hydrogen-bond donors (Lipinski definition) is 1. The van der Waals surface area contributed by atoms with Gasteiger partial charge < -0.3 is 19.3 Å². The SMILES string of the molecule is O=C(CSc1ncccc1-c1nc(C2CC2)no1)Nc1ccc2c(c1)OCO2. The zero-order valence-corrected chi connectivity index (χ0v) is 15.6. The van der Waals surface area contributed by atoms with Crippen LogP contribution in [-0.4, -0.2) is 33.6 Å². The quantitative estimate of drug-likeness (QED) is 0.632. The van der Waals surface area contributed by atoms with Crippen LogP contribution in [0.4, 0.5) is 5.69 Å². The van der Waals surface area contributed by atoms with Crippen molar-refractivity contribution < 1.29 is 18.8 Å². The standard InChI is InChI=1S/C19H16N4O4S/c24-16(21-12-5-6-14-15(8-12)26-10-25-14)9-28-19-13(2-1-7-20-19)18-22-17(23-27-18)11-3-4-11/h1-2,5-8,11H,3-4,9-10H2,(H,21,24). The fourth-order valence-corrected chi connectivity index (χ4v) is 3.61. The Kier molecular flexibility index (Phi) is 4.36. The van der Waals surface area contributed by atoms with Crippen molar-refractivity contribution in [2.24, 2.45) is 0 Å². The summed E-state index contributed by atoms with van der Waals surface area (Å²) in [6.45, 7) is 0.198. The Bertz CT molecular complexity index is 1030. The van der Waals surface area contributed by atoms with E-state index in [-0.39, 0.29) is 18.5 Å². The number of benzene rings is 1. The number of rotatable bonds is 6. The van der Waals surface area contributed by atoms with E-state index in [9.17, 15) is 4.79 Å². The Morgan fingerprint density at radius 2 is 2.11 bits per heavy atom. The molecule has 28 heavy (non-hydrogen) atoms. The minimum Gasteiger partial charge on any atom is -0.454 e. The van der Waals surface area contributed by atoms with Gasteiger partial charge in [-0.2, -0.15) is 4.98 Å². The van der Waals surface area contributed by atoms with Crippen LogP contribution in [0.1, 0.15) is 24.6 Å². The van der Waals surface area contributed by atoms with E-state index in [1.165, 1.54) is 11.8 Å². The van der Waals surface area contributed by atoms with E-state index >= 15 is 0 Å². The van der Waals surface area contributed by atoms with Crippen LogP contribution in [-0.2, 0) is 4.79 Å². The van der Waals surface area contributed by atoms with E-state index in [4.69, 9.17) is 14.0 Å². The molecular weight excluding hydrogens is 380 g/mol. The van der Waals surface area contributed by atoms with Gasteiger partial charge in [0.25, 0.3) is 5.89 Å². The van der Waals surface area contributed by atoms with E-state index < -0.39 is 0 Å². The summed E-state index contributed by atoms with van der Waals surface area (Å²) in [6, 6.07) is 8.98. The van der Waals surface area contributed by atoms with Crippen molar-refractivity contribution >= 4 is 23.4 Å². The molecule has 5 rings (SSSR count). The fraction of sp³-hybridized carbons (Fsp3) is 0.263. The van der Waals surface area contributed by atoms with Crippen LogP contribution in [0.3, 0.4) is 0 Å². The third kappa shape index (κ3) is 3.53. The predicted octanol–water partition coefficient (Wildman–Crippen LogP) is 3.47. The molecule has 0 radical (unpaired) electrons. The number of ether oxygens (including phenoxy) is 2. The molecule has 3 aromatic rings. The molecule has 0 saturated heterocycles. The maximum absolute atomic E-state index is 12.4. The summed E-state index contributed by atoms with van der Waals surface area (Å²) in [5.74, 6) is 2.95. The predicted molar refractivity (Wildman–Crippen MR) is 101 cm³/mol. The van der Waals surface area contributed by atoms with Gasteiger partial charge in [0, 0.05) is 23.9 Å². The fourth-order valence-electron chi connectivity index (χ4n) is 2.83. The highest BCUT2D eigenvalue weighted by atomic mass is 32.2. The topological polar surface area (TPSA) is 99.4 Å². The first kappa shape index (κ1) is 17.1. The van der Waals surface area contributed by atoms with Gasteiger partial charge in [0.05, 0.1) is 11.3 Å². The first-order valence-electron chi connectivity index (χ1n) is 8.87. The summed E-state index contributed by atoms with van der Waals surface area (Å²) in [5, 5.41) is 7.58. The van der Waals surface area contributed by atoms with Gasteiger partial charge in [0.1, 0.15) is 5.03 Å². The maximum atomic E-state index is 12.4. The van der Waals surface area contributed by atoms with Crippen molar-refractivity contribution in [3.63, 3.8) is 0 Å². The Morgan fingerprint density at radius 1 is 1.21 bits per heavy atom. The Hall–Kier alpha value is -3.07. The number of anilines is 1. The number of amides is 1. The first-order valence-corrected chi connectivity index (χ1v) is 9.86. The molecule has 1 aliphatic carbocycles. The molecule has 1 fully saturated rings. The summed E-state index contributed by atoms with van der Waals surface area (Å²) < 4.78 is 16.0. The molecule has 1 aliphatic heterocycles. The van der Waals surface area contributed by atoms with Gasteiger partial charge in [-0.05, 0) is 37.1 Å². The molecule has 0 bridgehead atoms. The van der Waals surface area contributed by atoms with Crippen molar-refractivity contribution in [3.05, 3.63) is 42.4 Å². The number of nitrogens with one attached hydrogen (secondary N) is 1. The number of pyridine rings is 1. The first-order chi connectivity index (χ1) is 13.8. The van der Waals surface area contributed by atoms with Crippen LogP contribution in [0, 0.1) is 0 Å². The summed E-state index contributed by atoms with van der Waals surface area (Å²) in [6.07, 6.45) is 3.89. The smallest absolute Gasteiger partial charge is 0.260 e. The maximum Gasteiger partial charge on any atom is 0.260 e. The highest BCUT2D eigenvalue weighted by molar-refractivity contribution is 8.00. The van der Waals surface area contributed by atoms with E-state index in [0.29, 0.717) is 34.0 Å². The molecule has 1 saturated carbocycles. The van der Waals surface area contributed by atoms with Crippen LogP contribution in [0.25, 0.3) is 11.5 Å². The normalized spacial score (nSPS) is 14.9. The van der Waals surface area contributed by atoms with Gasteiger partial charge in [0.2, 0.25) is 12.7 Å². The highest BCUT2D eigenvalue weighted by Gasteiger charge is 2.29. The lowest BCUT2D eigenvalue weighted by molar-refractivity contribution is -0.113. The van der Waals surface area contributed by atoms with Crippen LogP contribution in [0.5, 0.6) is 11.5 Å². The lowest BCUT2D eigenvalue weighted by Crippen LogP contribution is -2.14. The summed E-state index contributed by atoms with van der Waals surface area (Å²) in [4.78, 5) is 21.2. The lowest BCUT2D eigenvalue weighted by atomic mass is 10.3. The molecule has 1 amide bonds. The van der Waals surface area contributed by atoms with Gasteiger partial charge >= 0.3 is 0 Å². The molecule has 0 unspecified atom stereocenters. The van der Waals surface area contributed by atoms with Crippen molar-refractivity contribution in [2.75, 3.05) is 17.9 Å².